The highest BCUT2D eigenvalue weighted by molar-refractivity contribution is 7.13. The van der Waals surface area contributed by atoms with Crippen molar-refractivity contribution in [1.29, 1.82) is 0 Å². The summed E-state index contributed by atoms with van der Waals surface area (Å²) in [6, 6.07) is 12.2. The Labute approximate surface area is 149 Å². The summed E-state index contributed by atoms with van der Waals surface area (Å²) in [5.74, 6) is -0.129. The van der Waals surface area contributed by atoms with Crippen molar-refractivity contribution in [3.8, 4) is 10.6 Å². The van der Waals surface area contributed by atoms with E-state index in [1.165, 1.54) is 16.9 Å². The van der Waals surface area contributed by atoms with Crippen LogP contribution in [-0.4, -0.2) is 36.4 Å². The fourth-order valence-electron chi connectivity index (χ4n) is 2.43. The lowest BCUT2D eigenvalue weighted by Gasteiger charge is -2.23. The highest BCUT2D eigenvalue weighted by Gasteiger charge is 2.17. The third-order valence-corrected chi connectivity index (χ3v) is 5.36. The summed E-state index contributed by atoms with van der Waals surface area (Å²) in [6.45, 7) is 0.556. The largest absolute Gasteiger partial charge is 0.349 e. The zero-order valence-electron chi connectivity index (χ0n) is 13.6. The third kappa shape index (κ3) is 3.90. The molecule has 6 heteroatoms. The van der Waals surface area contributed by atoms with Gasteiger partial charge in [-0.3, -0.25) is 4.79 Å². The maximum atomic E-state index is 12.4. The molecule has 1 atom stereocenters. The number of carbonyl (C=O) groups is 1. The molecule has 1 N–H and O–H groups in total. The molecule has 1 unspecified atom stereocenters. The summed E-state index contributed by atoms with van der Waals surface area (Å²) in [7, 11) is 4.04. The molecule has 0 saturated heterocycles. The Morgan fingerprint density at radius 2 is 2.00 bits per heavy atom. The van der Waals surface area contributed by atoms with E-state index in [1.54, 1.807) is 11.3 Å². The number of hydrogen-bond acceptors (Lipinski definition) is 5. The zero-order valence-corrected chi connectivity index (χ0v) is 15.2. The third-order valence-electron chi connectivity index (χ3n) is 3.76. The monoisotopic (exact) mass is 357 g/mol. The van der Waals surface area contributed by atoms with Gasteiger partial charge in [-0.2, -0.15) is 11.3 Å². The highest BCUT2D eigenvalue weighted by atomic mass is 32.1. The van der Waals surface area contributed by atoms with Crippen LogP contribution in [0.5, 0.6) is 0 Å². The number of thiazole rings is 1. The molecular formula is C18H19N3OS2. The summed E-state index contributed by atoms with van der Waals surface area (Å²) >= 11 is 3.16. The molecule has 24 heavy (non-hydrogen) atoms. The summed E-state index contributed by atoms with van der Waals surface area (Å²) in [5.41, 5.74) is 2.72. The van der Waals surface area contributed by atoms with Crippen LogP contribution in [-0.2, 0) is 0 Å². The lowest BCUT2D eigenvalue weighted by atomic mass is 10.1. The minimum Gasteiger partial charge on any atom is -0.349 e. The number of thiophene rings is 1. The second-order valence-corrected chi connectivity index (χ2v) is 7.29. The molecule has 3 aromatic rings. The molecule has 0 spiro atoms. The maximum Gasteiger partial charge on any atom is 0.270 e. The Hall–Kier alpha value is -2.02. The van der Waals surface area contributed by atoms with Crippen molar-refractivity contribution in [2.45, 2.75) is 6.04 Å². The van der Waals surface area contributed by atoms with E-state index in [4.69, 9.17) is 0 Å². The lowest BCUT2D eigenvalue weighted by molar-refractivity contribution is 0.0937. The van der Waals surface area contributed by atoms with E-state index < -0.39 is 0 Å². The van der Waals surface area contributed by atoms with Gasteiger partial charge < -0.3 is 10.2 Å². The van der Waals surface area contributed by atoms with Gasteiger partial charge in [0.25, 0.3) is 5.91 Å². The second-order valence-electron chi connectivity index (χ2n) is 5.65. The Morgan fingerprint density at radius 1 is 1.21 bits per heavy atom. The number of likely N-dealkylation sites (N-methyl/N-ethyl adjacent to an activating group) is 1. The van der Waals surface area contributed by atoms with Gasteiger partial charge in [-0.1, -0.05) is 30.3 Å². The van der Waals surface area contributed by atoms with Crippen LogP contribution in [0.2, 0.25) is 0 Å². The van der Waals surface area contributed by atoms with Gasteiger partial charge in [0, 0.05) is 17.5 Å². The van der Waals surface area contributed by atoms with E-state index in [0.29, 0.717) is 12.2 Å². The molecule has 0 aliphatic rings. The highest BCUT2D eigenvalue weighted by Crippen LogP contribution is 2.24. The van der Waals surface area contributed by atoms with E-state index in [1.807, 2.05) is 49.8 Å². The van der Waals surface area contributed by atoms with Gasteiger partial charge >= 0.3 is 0 Å². The SMILES string of the molecule is CN(C)C(CNC(=O)c1csc(-c2ccccc2)n1)c1ccsc1. The second kappa shape index (κ2) is 7.70. The zero-order chi connectivity index (χ0) is 16.9. The topological polar surface area (TPSA) is 45.2 Å². The number of benzene rings is 1. The number of aromatic nitrogens is 1. The van der Waals surface area contributed by atoms with E-state index in [0.717, 1.165) is 10.6 Å². The van der Waals surface area contributed by atoms with Gasteiger partial charge in [0.1, 0.15) is 10.7 Å². The van der Waals surface area contributed by atoms with Gasteiger partial charge in [0.2, 0.25) is 0 Å². The van der Waals surface area contributed by atoms with E-state index in [2.05, 4.69) is 32.0 Å². The first-order chi connectivity index (χ1) is 11.6. The van der Waals surface area contributed by atoms with E-state index in [9.17, 15) is 4.79 Å². The van der Waals surface area contributed by atoms with Crippen LogP contribution in [0.1, 0.15) is 22.1 Å². The van der Waals surface area contributed by atoms with Crippen molar-refractivity contribution < 1.29 is 4.79 Å². The molecule has 124 valence electrons. The minimum absolute atomic E-state index is 0.129. The summed E-state index contributed by atoms with van der Waals surface area (Å²) < 4.78 is 0. The molecule has 1 amide bonds. The number of nitrogens with one attached hydrogen (secondary N) is 1. The van der Waals surface area contributed by atoms with Gasteiger partial charge in [-0.15, -0.1) is 11.3 Å². The molecule has 0 aliphatic carbocycles. The normalized spacial score (nSPS) is 12.3. The smallest absolute Gasteiger partial charge is 0.270 e. The standard InChI is InChI=1S/C18H19N3OS2/c1-21(2)16(14-8-9-23-11-14)10-19-17(22)15-12-24-18(20-15)13-6-4-3-5-7-13/h3-9,11-12,16H,10H2,1-2H3,(H,19,22). The van der Waals surface area contributed by atoms with Crippen LogP contribution in [0.15, 0.2) is 52.5 Å². The molecule has 3 rings (SSSR count). The Balaban J connectivity index is 1.66. The first-order valence-electron chi connectivity index (χ1n) is 7.63. The molecular weight excluding hydrogens is 338 g/mol. The fourth-order valence-corrected chi connectivity index (χ4v) is 3.95. The van der Waals surface area contributed by atoms with Gasteiger partial charge in [0.05, 0.1) is 6.04 Å². The summed E-state index contributed by atoms with van der Waals surface area (Å²) in [6.07, 6.45) is 0. The van der Waals surface area contributed by atoms with Crippen molar-refractivity contribution in [2.75, 3.05) is 20.6 Å². The molecule has 2 heterocycles. The lowest BCUT2D eigenvalue weighted by Crippen LogP contribution is -2.34. The predicted octanol–water partition coefficient (Wildman–Crippen LogP) is 3.90. The molecule has 0 bridgehead atoms. The van der Waals surface area contributed by atoms with E-state index >= 15 is 0 Å². The van der Waals surface area contributed by atoms with Crippen LogP contribution in [0.25, 0.3) is 10.6 Å². The summed E-state index contributed by atoms with van der Waals surface area (Å²) in [4.78, 5) is 19.0. The van der Waals surface area contributed by atoms with Crippen LogP contribution in [0.4, 0.5) is 0 Å². The number of hydrogen-bond donors (Lipinski definition) is 1. The van der Waals surface area contributed by atoms with Crippen LogP contribution in [0.3, 0.4) is 0 Å². The van der Waals surface area contributed by atoms with Crippen LogP contribution in [0, 0.1) is 0 Å². The first-order valence-corrected chi connectivity index (χ1v) is 9.45. The summed E-state index contributed by atoms with van der Waals surface area (Å²) in [5, 5.41) is 9.85. The van der Waals surface area contributed by atoms with Crippen molar-refractivity contribution in [3.63, 3.8) is 0 Å². The molecule has 0 aliphatic heterocycles. The average molecular weight is 358 g/mol. The Kier molecular flexibility index (Phi) is 5.40. The molecule has 1 aromatic carbocycles. The Morgan fingerprint density at radius 3 is 2.67 bits per heavy atom. The minimum atomic E-state index is -0.129. The number of amides is 1. The van der Waals surface area contributed by atoms with Crippen molar-refractivity contribution in [3.05, 3.63) is 63.8 Å². The average Bonchev–Trinajstić information content (AvgIpc) is 3.27. The fraction of sp³-hybridized carbons (Fsp3) is 0.222. The van der Waals surface area contributed by atoms with Crippen LogP contribution < -0.4 is 5.32 Å². The van der Waals surface area contributed by atoms with Crippen LogP contribution >= 0.6 is 22.7 Å². The molecule has 2 aromatic heterocycles. The van der Waals surface area contributed by atoms with Gasteiger partial charge in [-0.05, 0) is 36.5 Å². The quantitative estimate of drug-likeness (QED) is 0.728. The van der Waals surface area contributed by atoms with E-state index in [-0.39, 0.29) is 11.9 Å². The van der Waals surface area contributed by atoms with Crippen molar-refractivity contribution >= 4 is 28.6 Å². The molecule has 0 saturated carbocycles. The van der Waals surface area contributed by atoms with Gasteiger partial charge in [0.15, 0.2) is 0 Å². The van der Waals surface area contributed by atoms with Crippen molar-refractivity contribution in [1.82, 2.24) is 15.2 Å². The predicted molar refractivity (Wildman–Crippen MR) is 101 cm³/mol. The molecule has 0 radical (unpaired) electrons. The first kappa shape index (κ1) is 16.8. The van der Waals surface area contributed by atoms with Crippen molar-refractivity contribution in [2.24, 2.45) is 0 Å². The molecule has 0 fully saturated rings. The number of rotatable bonds is 6. The maximum absolute atomic E-state index is 12.4. The number of carbonyl (C=O) groups excluding carboxylic acids is 1. The van der Waals surface area contributed by atoms with Gasteiger partial charge in [-0.25, -0.2) is 4.98 Å². The Bertz CT molecular complexity index is 782. The number of nitrogens with zero attached hydrogens (tertiary/aromatic N) is 2. The molecule has 4 nitrogen and oxygen atoms in total.